The summed E-state index contributed by atoms with van der Waals surface area (Å²) in [5.74, 6) is -1.13. The highest BCUT2D eigenvalue weighted by molar-refractivity contribution is 7.92. The number of ether oxygens (including phenoxy) is 2. The Balaban J connectivity index is 1.66. The SMILES string of the molecule is CCOc1cc(NS(=O)(=O)CC23CCC(CC2=O)C3(C)C)c(OCC)cc1NC(=O)c1ccccc1F. The van der Waals surface area contributed by atoms with E-state index in [9.17, 15) is 22.4 Å². The van der Waals surface area contributed by atoms with Crippen molar-refractivity contribution in [3.63, 3.8) is 0 Å². The molecule has 2 aromatic rings. The number of ketones is 1. The topological polar surface area (TPSA) is 111 Å². The van der Waals surface area contributed by atoms with Gasteiger partial charge in [0.15, 0.2) is 0 Å². The largest absolute Gasteiger partial charge is 0.492 e. The van der Waals surface area contributed by atoms with Crippen LogP contribution in [0.15, 0.2) is 36.4 Å². The molecule has 2 saturated carbocycles. The molecule has 0 aliphatic heterocycles. The Morgan fingerprint density at radius 3 is 2.27 bits per heavy atom. The molecular weight excluding hydrogens is 499 g/mol. The maximum atomic E-state index is 14.1. The lowest BCUT2D eigenvalue weighted by atomic mass is 9.70. The number of hydrogen-bond donors (Lipinski definition) is 2. The van der Waals surface area contributed by atoms with Gasteiger partial charge in [-0.25, -0.2) is 12.8 Å². The van der Waals surface area contributed by atoms with E-state index in [1.54, 1.807) is 19.9 Å². The zero-order chi connectivity index (χ0) is 27.0. The van der Waals surface area contributed by atoms with Crippen molar-refractivity contribution in [2.45, 2.75) is 47.0 Å². The molecule has 0 aromatic heterocycles. The van der Waals surface area contributed by atoms with Gasteiger partial charge in [-0.3, -0.25) is 14.3 Å². The third kappa shape index (κ3) is 4.91. The van der Waals surface area contributed by atoms with Crippen LogP contribution in [0.2, 0.25) is 0 Å². The van der Waals surface area contributed by atoms with Crippen LogP contribution in [-0.2, 0) is 14.8 Å². The van der Waals surface area contributed by atoms with Crippen molar-refractivity contribution < 1.29 is 31.9 Å². The lowest BCUT2D eigenvalue weighted by Crippen LogP contribution is -2.43. The average molecular weight is 533 g/mol. The van der Waals surface area contributed by atoms with E-state index in [2.05, 4.69) is 10.0 Å². The number of halogens is 1. The van der Waals surface area contributed by atoms with Crippen LogP contribution in [0.5, 0.6) is 11.5 Å². The summed E-state index contributed by atoms with van der Waals surface area (Å²) in [6, 6.07) is 8.45. The third-order valence-electron chi connectivity index (χ3n) is 7.89. The van der Waals surface area contributed by atoms with Gasteiger partial charge in [-0.05, 0) is 50.2 Å². The summed E-state index contributed by atoms with van der Waals surface area (Å²) in [6.07, 6.45) is 1.80. The standard InChI is InChI=1S/C27H33FN2O6S/c1-5-35-22-15-21(30-37(33,34)16-27-12-11-17(13-24(27)31)26(27,3)4)23(36-6-2)14-20(22)29-25(32)18-9-7-8-10-19(18)28/h7-10,14-15,17,30H,5-6,11-13,16H2,1-4H3,(H,29,32). The number of carbonyl (C=O) groups is 2. The molecule has 2 bridgehead atoms. The quantitative estimate of drug-likeness (QED) is 0.445. The van der Waals surface area contributed by atoms with Crippen LogP contribution in [0.3, 0.4) is 0 Å². The van der Waals surface area contributed by atoms with Crippen molar-refractivity contribution in [1.82, 2.24) is 0 Å². The summed E-state index contributed by atoms with van der Waals surface area (Å²) in [4.78, 5) is 25.6. The maximum Gasteiger partial charge on any atom is 0.258 e. The van der Waals surface area contributed by atoms with Gasteiger partial charge in [-0.2, -0.15) is 0 Å². The van der Waals surface area contributed by atoms with E-state index in [0.29, 0.717) is 12.8 Å². The summed E-state index contributed by atoms with van der Waals surface area (Å²) in [7, 11) is -3.97. The van der Waals surface area contributed by atoms with Crippen molar-refractivity contribution in [1.29, 1.82) is 0 Å². The Morgan fingerprint density at radius 1 is 1.08 bits per heavy atom. The third-order valence-corrected chi connectivity index (χ3v) is 9.29. The minimum atomic E-state index is -3.97. The van der Waals surface area contributed by atoms with Gasteiger partial charge in [0.1, 0.15) is 23.1 Å². The second-order valence-electron chi connectivity index (χ2n) is 10.2. The Kier molecular flexibility index (Phi) is 7.25. The van der Waals surface area contributed by atoms with Gasteiger partial charge < -0.3 is 14.8 Å². The molecule has 2 aliphatic carbocycles. The van der Waals surface area contributed by atoms with Gasteiger partial charge in [-0.15, -0.1) is 0 Å². The lowest BCUT2D eigenvalue weighted by molar-refractivity contribution is -0.128. The minimum Gasteiger partial charge on any atom is -0.492 e. The Bertz CT molecular complexity index is 1330. The molecule has 0 saturated heterocycles. The molecule has 0 radical (unpaired) electrons. The molecule has 2 atom stereocenters. The molecule has 2 unspecified atom stereocenters. The average Bonchev–Trinajstić information content (AvgIpc) is 3.16. The summed E-state index contributed by atoms with van der Waals surface area (Å²) in [5, 5.41) is 2.63. The monoisotopic (exact) mass is 532 g/mol. The molecule has 0 spiro atoms. The summed E-state index contributed by atoms with van der Waals surface area (Å²) in [5.41, 5.74) is -1.15. The zero-order valence-electron chi connectivity index (χ0n) is 21.5. The first-order chi connectivity index (χ1) is 17.4. The first-order valence-corrected chi connectivity index (χ1v) is 14.1. The molecule has 8 nitrogen and oxygen atoms in total. The molecule has 0 heterocycles. The summed E-state index contributed by atoms with van der Waals surface area (Å²) < 4.78 is 54.9. The fourth-order valence-electron chi connectivity index (χ4n) is 5.76. The van der Waals surface area contributed by atoms with Crippen LogP contribution in [0.4, 0.5) is 15.8 Å². The van der Waals surface area contributed by atoms with E-state index in [-0.39, 0.29) is 59.1 Å². The normalized spacial score (nSPS) is 22.1. The van der Waals surface area contributed by atoms with Crippen molar-refractivity contribution in [2.75, 3.05) is 29.0 Å². The van der Waals surface area contributed by atoms with Gasteiger partial charge in [0.2, 0.25) is 10.0 Å². The maximum absolute atomic E-state index is 14.1. The van der Waals surface area contributed by atoms with Crippen LogP contribution in [0, 0.1) is 22.6 Å². The summed E-state index contributed by atoms with van der Waals surface area (Å²) >= 11 is 0. The fraction of sp³-hybridized carbons (Fsp3) is 0.481. The van der Waals surface area contributed by atoms with Gasteiger partial charge in [0.05, 0.1) is 41.3 Å². The van der Waals surface area contributed by atoms with Crippen LogP contribution in [0.25, 0.3) is 0 Å². The molecule has 2 aromatic carbocycles. The Hall–Kier alpha value is -3.14. The fourth-order valence-corrected chi connectivity index (χ4v) is 7.65. The predicted octanol–water partition coefficient (Wildman–Crippen LogP) is 5.01. The molecular formula is C27H33FN2O6S. The smallest absolute Gasteiger partial charge is 0.258 e. The number of carbonyl (C=O) groups excluding carboxylic acids is 2. The number of anilines is 2. The van der Waals surface area contributed by atoms with Crippen LogP contribution < -0.4 is 19.5 Å². The van der Waals surface area contributed by atoms with Gasteiger partial charge in [0, 0.05) is 18.6 Å². The van der Waals surface area contributed by atoms with Crippen molar-refractivity contribution >= 4 is 33.1 Å². The van der Waals surface area contributed by atoms with E-state index >= 15 is 0 Å². The highest BCUT2D eigenvalue weighted by Gasteiger charge is 2.65. The van der Waals surface area contributed by atoms with Crippen molar-refractivity contribution in [3.8, 4) is 11.5 Å². The highest BCUT2D eigenvalue weighted by atomic mass is 32.2. The second-order valence-corrected chi connectivity index (χ2v) is 11.9. The van der Waals surface area contributed by atoms with Gasteiger partial charge in [0.25, 0.3) is 5.91 Å². The zero-order valence-corrected chi connectivity index (χ0v) is 22.3. The summed E-state index contributed by atoms with van der Waals surface area (Å²) in [6.45, 7) is 7.90. The van der Waals surface area contributed by atoms with E-state index in [0.717, 1.165) is 6.42 Å². The van der Waals surface area contributed by atoms with E-state index in [1.807, 2.05) is 13.8 Å². The highest BCUT2D eigenvalue weighted by Crippen LogP contribution is 2.64. The number of fused-ring (bicyclic) bond motifs is 2. The molecule has 2 fully saturated rings. The molecule has 2 aliphatic rings. The first-order valence-electron chi connectivity index (χ1n) is 12.5. The second kappa shape index (κ2) is 9.96. The molecule has 2 N–H and O–H groups in total. The molecule has 1 amide bonds. The number of sulfonamides is 1. The molecule has 10 heteroatoms. The van der Waals surface area contributed by atoms with Crippen LogP contribution in [0.1, 0.15) is 57.3 Å². The van der Waals surface area contributed by atoms with E-state index in [1.165, 1.54) is 30.3 Å². The number of Topliss-reactive ketones (excluding diaryl/α,β-unsaturated/α-hetero) is 1. The Morgan fingerprint density at radius 2 is 1.70 bits per heavy atom. The van der Waals surface area contributed by atoms with Crippen LogP contribution >= 0.6 is 0 Å². The van der Waals surface area contributed by atoms with Crippen LogP contribution in [-0.4, -0.2) is 39.1 Å². The van der Waals surface area contributed by atoms with Gasteiger partial charge >= 0.3 is 0 Å². The van der Waals surface area contributed by atoms with E-state index in [4.69, 9.17) is 9.47 Å². The number of benzene rings is 2. The molecule has 4 rings (SSSR count). The number of hydrogen-bond acceptors (Lipinski definition) is 6. The lowest BCUT2D eigenvalue weighted by Gasteiger charge is -2.36. The molecule has 200 valence electrons. The Labute approximate surface area is 217 Å². The molecule has 37 heavy (non-hydrogen) atoms. The van der Waals surface area contributed by atoms with Crippen molar-refractivity contribution in [3.05, 3.63) is 47.8 Å². The first kappa shape index (κ1) is 26.9. The number of amides is 1. The minimum absolute atomic E-state index is 0.00497. The van der Waals surface area contributed by atoms with Crippen molar-refractivity contribution in [2.24, 2.45) is 16.7 Å². The number of nitrogens with one attached hydrogen (secondary N) is 2. The van der Waals surface area contributed by atoms with Gasteiger partial charge in [-0.1, -0.05) is 26.0 Å². The van der Waals surface area contributed by atoms with E-state index < -0.39 is 32.6 Å². The predicted molar refractivity (Wildman–Crippen MR) is 139 cm³/mol. The number of rotatable bonds is 10.